The molecule has 0 aliphatic rings. The highest BCUT2D eigenvalue weighted by molar-refractivity contribution is 8.00. The molecule has 1 aromatic heterocycles. The second-order valence-electron chi connectivity index (χ2n) is 6.20. The van der Waals surface area contributed by atoms with Crippen LogP contribution >= 0.6 is 23.4 Å². The van der Waals surface area contributed by atoms with E-state index < -0.39 is 5.25 Å². The van der Waals surface area contributed by atoms with Crippen molar-refractivity contribution in [1.82, 2.24) is 10.2 Å². The van der Waals surface area contributed by atoms with E-state index in [0.29, 0.717) is 23.2 Å². The van der Waals surface area contributed by atoms with Crippen molar-refractivity contribution in [3.05, 3.63) is 65.5 Å². The number of aromatic nitrogens is 2. The molecule has 0 radical (unpaired) electrons. The van der Waals surface area contributed by atoms with E-state index in [1.54, 1.807) is 36.1 Å². The third kappa shape index (κ3) is 5.99. The Labute approximate surface area is 183 Å². The minimum Gasteiger partial charge on any atom is -0.484 e. The minimum atomic E-state index is -0.477. The molecule has 9 heteroatoms. The van der Waals surface area contributed by atoms with Crippen molar-refractivity contribution < 1.29 is 13.9 Å². The average molecular weight is 443 g/mol. The van der Waals surface area contributed by atoms with E-state index in [1.165, 1.54) is 11.8 Å². The van der Waals surface area contributed by atoms with Crippen LogP contribution in [0.3, 0.4) is 0 Å². The van der Waals surface area contributed by atoms with Crippen molar-refractivity contribution >= 4 is 35.0 Å². The van der Waals surface area contributed by atoms with Crippen molar-refractivity contribution in [2.45, 2.75) is 30.4 Å². The lowest BCUT2D eigenvalue weighted by Gasteiger charge is -2.24. The van der Waals surface area contributed by atoms with Crippen LogP contribution in [-0.2, 0) is 11.4 Å². The topological polar surface area (TPSA) is 92.2 Å². The minimum absolute atomic E-state index is 0.107. The Bertz CT molecular complexity index is 1010. The average Bonchev–Trinajstić information content (AvgIpc) is 3.21. The number of benzene rings is 2. The van der Waals surface area contributed by atoms with Gasteiger partial charge in [0.05, 0.1) is 17.7 Å². The molecule has 0 saturated carbocycles. The standard InChI is InChI=1S/C21H19ClN4O3S/c1-15(20(27)26(13-5-12-23)17-6-3-2-4-7-17)30-21-25-24-19(29-21)14-28-18-10-8-16(22)9-11-18/h2-4,6-11,15H,5,13-14H2,1H3/t15-/m1/s1. The quantitative estimate of drug-likeness (QED) is 0.442. The molecule has 0 aliphatic heterocycles. The number of carbonyl (C=O) groups excluding carboxylic acids is 1. The van der Waals surface area contributed by atoms with Crippen LogP contribution < -0.4 is 9.64 Å². The molecule has 3 rings (SSSR count). The Balaban J connectivity index is 1.60. The fraction of sp³-hybridized carbons (Fsp3) is 0.238. The third-order valence-electron chi connectivity index (χ3n) is 4.03. The Hall–Kier alpha value is -3.02. The van der Waals surface area contributed by atoms with E-state index in [-0.39, 0.29) is 24.2 Å². The summed E-state index contributed by atoms with van der Waals surface area (Å²) in [5.41, 5.74) is 0.743. The number of hydrogen-bond acceptors (Lipinski definition) is 7. The van der Waals surface area contributed by atoms with Crippen LogP contribution in [0.5, 0.6) is 5.75 Å². The van der Waals surface area contributed by atoms with E-state index >= 15 is 0 Å². The zero-order chi connectivity index (χ0) is 21.3. The van der Waals surface area contributed by atoms with E-state index in [2.05, 4.69) is 16.3 Å². The molecule has 0 aliphatic carbocycles. The molecule has 0 fully saturated rings. The molecule has 0 spiro atoms. The van der Waals surface area contributed by atoms with Gasteiger partial charge in [0, 0.05) is 17.3 Å². The van der Waals surface area contributed by atoms with Gasteiger partial charge in [-0.1, -0.05) is 41.6 Å². The van der Waals surface area contributed by atoms with Gasteiger partial charge in [-0.2, -0.15) is 5.26 Å². The van der Waals surface area contributed by atoms with Crippen LogP contribution in [0.25, 0.3) is 0 Å². The number of rotatable bonds is 9. The maximum Gasteiger partial charge on any atom is 0.277 e. The fourth-order valence-electron chi connectivity index (χ4n) is 2.58. The Kier molecular flexibility index (Phi) is 7.71. The van der Waals surface area contributed by atoms with Gasteiger partial charge in [-0.3, -0.25) is 4.79 Å². The van der Waals surface area contributed by atoms with Gasteiger partial charge < -0.3 is 14.1 Å². The second-order valence-corrected chi connectivity index (χ2v) is 7.93. The van der Waals surface area contributed by atoms with E-state index in [0.717, 1.165) is 5.69 Å². The molecule has 1 amide bonds. The number of thioether (sulfide) groups is 1. The monoisotopic (exact) mass is 442 g/mol. The Morgan fingerprint density at radius 3 is 2.67 bits per heavy atom. The summed E-state index contributed by atoms with van der Waals surface area (Å²) in [6, 6.07) is 18.3. The van der Waals surface area contributed by atoms with Crippen LogP contribution in [0.4, 0.5) is 5.69 Å². The Morgan fingerprint density at radius 1 is 1.23 bits per heavy atom. The first-order chi connectivity index (χ1) is 14.6. The van der Waals surface area contributed by atoms with E-state index in [9.17, 15) is 4.79 Å². The fourth-order valence-corrected chi connectivity index (χ4v) is 3.47. The van der Waals surface area contributed by atoms with Crippen LogP contribution in [0, 0.1) is 11.3 Å². The zero-order valence-corrected chi connectivity index (χ0v) is 17.8. The van der Waals surface area contributed by atoms with Crippen molar-refractivity contribution in [3.8, 4) is 11.8 Å². The van der Waals surface area contributed by atoms with Gasteiger partial charge in [0.2, 0.25) is 5.91 Å². The molecule has 30 heavy (non-hydrogen) atoms. The highest BCUT2D eigenvalue weighted by Crippen LogP contribution is 2.26. The van der Waals surface area contributed by atoms with Crippen molar-refractivity contribution in [2.75, 3.05) is 11.4 Å². The number of amides is 1. The van der Waals surface area contributed by atoms with E-state index in [4.69, 9.17) is 26.0 Å². The highest BCUT2D eigenvalue weighted by Gasteiger charge is 2.24. The predicted molar refractivity (Wildman–Crippen MR) is 114 cm³/mol. The van der Waals surface area contributed by atoms with Crippen LogP contribution in [0.1, 0.15) is 19.2 Å². The molecule has 1 heterocycles. The number of para-hydroxylation sites is 1. The first-order valence-corrected chi connectivity index (χ1v) is 10.4. The summed E-state index contributed by atoms with van der Waals surface area (Å²) in [6.07, 6.45) is 0.241. The molecule has 3 aromatic rings. The van der Waals surface area contributed by atoms with Gasteiger partial charge in [0.1, 0.15) is 5.75 Å². The zero-order valence-electron chi connectivity index (χ0n) is 16.2. The van der Waals surface area contributed by atoms with Crippen molar-refractivity contribution in [1.29, 1.82) is 5.26 Å². The summed E-state index contributed by atoms with van der Waals surface area (Å²) < 4.78 is 11.2. The largest absolute Gasteiger partial charge is 0.484 e. The summed E-state index contributed by atoms with van der Waals surface area (Å²) in [4.78, 5) is 14.6. The van der Waals surface area contributed by atoms with Gasteiger partial charge in [0.25, 0.3) is 11.1 Å². The molecule has 0 bridgehead atoms. The van der Waals surface area contributed by atoms with Crippen LogP contribution in [0.15, 0.2) is 64.2 Å². The number of ether oxygens (including phenoxy) is 1. The van der Waals surface area contributed by atoms with Gasteiger partial charge in [-0.25, -0.2) is 0 Å². The third-order valence-corrected chi connectivity index (χ3v) is 5.20. The lowest BCUT2D eigenvalue weighted by Crippen LogP contribution is -2.37. The molecular weight excluding hydrogens is 424 g/mol. The number of nitriles is 1. The molecule has 0 N–H and O–H groups in total. The first kappa shape index (κ1) is 21.7. The molecule has 0 saturated heterocycles. The smallest absolute Gasteiger partial charge is 0.277 e. The number of nitrogens with zero attached hydrogens (tertiary/aromatic N) is 4. The summed E-state index contributed by atoms with van der Waals surface area (Å²) >= 11 is 7.01. The van der Waals surface area contributed by atoms with E-state index in [1.807, 2.05) is 30.3 Å². The first-order valence-electron chi connectivity index (χ1n) is 9.17. The summed E-state index contributed by atoms with van der Waals surface area (Å²) in [6.45, 7) is 2.19. The summed E-state index contributed by atoms with van der Waals surface area (Å²) in [5, 5.41) is 17.3. The molecular formula is C21H19ClN4O3S. The maximum atomic E-state index is 13.0. The maximum absolute atomic E-state index is 13.0. The Morgan fingerprint density at radius 2 is 1.97 bits per heavy atom. The predicted octanol–water partition coefficient (Wildman–Crippen LogP) is 4.73. The lowest BCUT2D eigenvalue weighted by atomic mass is 10.2. The van der Waals surface area contributed by atoms with Crippen molar-refractivity contribution in [3.63, 3.8) is 0 Å². The van der Waals surface area contributed by atoms with Gasteiger partial charge in [0.15, 0.2) is 6.61 Å². The number of hydrogen-bond donors (Lipinski definition) is 0. The van der Waals surface area contributed by atoms with Crippen LogP contribution in [-0.4, -0.2) is 27.9 Å². The lowest BCUT2D eigenvalue weighted by molar-refractivity contribution is -0.117. The molecule has 1 atom stereocenters. The summed E-state index contributed by atoms with van der Waals surface area (Å²) in [5.74, 6) is 0.793. The molecule has 7 nitrogen and oxygen atoms in total. The van der Waals surface area contributed by atoms with Crippen LogP contribution in [0.2, 0.25) is 5.02 Å². The summed E-state index contributed by atoms with van der Waals surface area (Å²) in [7, 11) is 0. The highest BCUT2D eigenvalue weighted by atomic mass is 35.5. The van der Waals surface area contributed by atoms with Gasteiger partial charge in [-0.15, -0.1) is 10.2 Å². The normalized spacial score (nSPS) is 11.5. The van der Waals surface area contributed by atoms with Gasteiger partial charge >= 0.3 is 0 Å². The number of halogens is 1. The molecule has 2 aromatic carbocycles. The molecule has 0 unspecified atom stereocenters. The van der Waals surface area contributed by atoms with Crippen molar-refractivity contribution in [2.24, 2.45) is 0 Å². The molecule has 154 valence electrons. The SMILES string of the molecule is C[C@@H](Sc1nnc(COc2ccc(Cl)cc2)o1)C(=O)N(CCC#N)c1ccccc1. The van der Waals surface area contributed by atoms with Gasteiger partial charge in [-0.05, 0) is 43.3 Å². The number of carbonyl (C=O) groups is 1. The second kappa shape index (κ2) is 10.7. The number of anilines is 1.